The van der Waals surface area contributed by atoms with E-state index in [1.807, 2.05) is 19.9 Å². The first-order chi connectivity index (χ1) is 14.9. The van der Waals surface area contributed by atoms with Crippen LogP contribution in [0.1, 0.15) is 36.2 Å². The van der Waals surface area contributed by atoms with E-state index in [-0.39, 0.29) is 23.7 Å². The van der Waals surface area contributed by atoms with Crippen LogP contribution in [-0.4, -0.2) is 35.6 Å². The molecule has 0 aliphatic rings. The van der Waals surface area contributed by atoms with Gasteiger partial charge in [-0.2, -0.15) is 0 Å². The van der Waals surface area contributed by atoms with E-state index in [1.54, 1.807) is 55.7 Å². The van der Waals surface area contributed by atoms with Gasteiger partial charge in [-0.15, -0.1) is 11.3 Å². The Hall–Kier alpha value is -3.52. The van der Waals surface area contributed by atoms with Gasteiger partial charge in [0.1, 0.15) is 5.75 Å². The maximum Gasteiger partial charge on any atom is 0.339 e. The zero-order chi connectivity index (χ0) is 22.1. The van der Waals surface area contributed by atoms with E-state index in [0.717, 1.165) is 15.3 Å². The van der Waals surface area contributed by atoms with Crippen molar-refractivity contribution < 1.29 is 23.6 Å². The highest BCUT2D eigenvalue weighted by Crippen LogP contribution is 2.33. The number of aromatic nitrogens is 2. The average molecular weight is 436 g/mol. The second kappa shape index (κ2) is 8.31. The number of carbonyl (C=O) groups excluding carboxylic acids is 2. The molecule has 0 radical (unpaired) electrons. The lowest BCUT2D eigenvalue weighted by Gasteiger charge is -2.08. The van der Waals surface area contributed by atoms with Crippen molar-refractivity contribution in [1.82, 2.24) is 10.1 Å². The van der Waals surface area contributed by atoms with Crippen molar-refractivity contribution in [3.63, 3.8) is 0 Å². The third-order valence-corrected chi connectivity index (χ3v) is 5.87. The van der Waals surface area contributed by atoms with Crippen molar-refractivity contribution in [2.75, 3.05) is 13.7 Å². The number of fused-ring (bicyclic) bond motifs is 1. The molecule has 0 amide bonds. The quantitative estimate of drug-likeness (QED) is 0.313. The van der Waals surface area contributed by atoms with Crippen molar-refractivity contribution in [2.24, 2.45) is 0 Å². The maximum absolute atomic E-state index is 12.9. The summed E-state index contributed by atoms with van der Waals surface area (Å²) in [5.41, 5.74) is 3.00. The predicted octanol–water partition coefficient (Wildman–Crippen LogP) is 4.92. The average Bonchev–Trinajstić information content (AvgIpc) is 3.32. The van der Waals surface area contributed by atoms with Crippen molar-refractivity contribution in [2.45, 2.75) is 20.8 Å². The second-order valence-corrected chi connectivity index (χ2v) is 8.52. The fourth-order valence-electron chi connectivity index (χ4n) is 3.35. The monoisotopic (exact) mass is 436 g/mol. The summed E-state index contributed by atoms with van der Waals surface area (Å²) in [6.07, 6.45) is 0. The van der Waals surface area contributed by atoms with Crippen LogP contribution in [0.2, 0.25) is 0 Å². The Kier molecular flexibility index (Phi) is 5.56. The number of thiophene rings is 1. The fourth-order valence-corrected chi connectivity index (χ4v) is 4.28. The molecule has 4 rings (SSSR count). The highest BCUT2D eigenvalue weighted by Gasteiger charge is 2.22. The summed E-state index contributed by atoms with van der Waals surface area (Å²) in [5.74, 6) is -0.304. The van der Waals surface area contributed by atoms with E-state index in [1.165, 1.54) is 0 Å². The second-order valence-electron chi connectivity index (χ2n) is 7.06. The molecule has 0 spiro atoms. The molecule has 0 saturated heterocycles. The number of Topliss-reactive ketones (excluding diaryl/α,β-unsaturated/α-hetero) is 1. The van der Waals surface area contributed by atoms with Crippen molar-refractivity contribution >= 4 is 34.2 Å². The largest absolute Gasteiger partial charge is 0.497 e. The Balaban J connectivity index is 1.62. The van der Waals surface area contributed by atoms with E-state index < -0.39 is 5.97 Å². The van der Waals surface area contributed by atoms with Gasteiger partial charge in [0.05, 0.1) is 29.4 Å². The lowest BCUT2D eigenvalue weighted by Crippen LogP contribution is -2.15. The molecular formula is C23H20N2O5S. The number of aryl methyl sites for hydroxylation is 3. The van der Waals surface area contributed by atoms with E-state index >= 15 is 0 Å². The Morgan fingerprint density at radius 2 is 1.84 bits per heavy atom. The number of ether oxygens (including phenoxy) is 2. The maximum atomic E-state index is 12.9. The Bertz CT molecular complexity index is 1290. The normalized spacial score (nSPS) is 11.0. The number of ketones is 1. The molecule has 3 heterocycles. The SMILES string of the molecule is COc1ccc(C(=O)COC(=O)c2cc(-c3cc(C)sc3C)nc3onc(C)c23)cc1. The number of pyridine rings is 1. The van der Waals surface area contributed by atoms with Crippen molar-refractivity contribution in [3.05, 3.63) is 63.0 Å². The minimum absolute atomic E-state index is 0.256. The topological polar surface area (TPSA) is 91.5 Å². The molecule has 158 valence electrons. The van der Waals surface area contributed by atoms with Crippen LogP contribution in [0.15, 0.2) is 40.9 Å². The van der Waals surface area contributed by atoms with Gasteiger partial charge in [0.25, 0.3) is 5.71 Å². The molecule has 0 bridgehead atoms. The number of esters is 1. The van der Waals surface area contributed by atoms with Crippen LogP contribution in [0.3, 0.4) is 0 Å². The van der Waals surface area contributed by atoms with E-state index in [9.17, 15) is 9.59 Å². The molecule has 1 aromatic carbocycles. The lowest BCUT2D eigenvalue weighted by atomic mass is 10.1. The molecule has 0 aliphatic heterocycles. The zero-order valence-electron chi connectivity index (χ0n) is 17.5. The first-order valence-corrected chi connectivity index (χ1v) is 10.4. The van der Waals surface area contributed by atoms with Crippen LogP contribution in [0.5, 0.6) is 5.75 Å². The van der Waals surface area contributed by atoms with E-state index in [0.29, 0.717) is 28.1 Å². The van der Waals surface area contributed by atoms with Crippen LogP contribution in [0, 0.1) is 20.8 Å². The first-order valence-electron chi connectivity index (χ1n) is 9.56. The molecule has 0 atom stereocenters. The number of nitrogens with zero attached hydrogens (tertiary/aromatic N) is 2. The summed E-state index contributed by atoms with van der Waals surface area (Å²) in [5, 5.41) is 4.42. The number of hydrogen-bond acceptors (Lipinski definition) is 8. The molecule has 0 fully saturated rings. The molecule has 8 heteroatoms. The van der Waals surface area contributed by atoms with Gasteiger partial charge in [-0.3, -0.25) is 4.79 Å². The third-order valence-electron chi connectivity index (χ3n) is 4.90. The number of rotatable bonds is 6. The van der Waals surface area contributed by atoms with Gasteiger partial charge >= 0.3 is 5.97 Å². The molecule has 3 aromatic heterocycles. The summed E-state index contributed by atoms with van der Waals surface area (Å²) >= 11 is 1.65. The van der Waals surface area contributed by atoms with E-state index in [4.69, 9.17) is 14.0 Å². The minimum atomic E-state index is -0.633. The molecule has 0 saturated carbocycles. The standard InChI is InChI=1S/C23H20N2O5S/c1-12-9-17(14(3)31-12)19-10-18(21-13(2)25-30-22(21)24-19)23(27)29-11-20(26)15-5-7-16(28-4)8-6-15/h5-10H,11H2,1-4H3. The third kappa shape index (κ3) is 4.06. The van der Waals surface area contributed by atoms with Crippen LogP contribution in [-0.2, 0) is 4.74 Å². The summed E-state index contributed by atoms with van der Waals surface area (Å²) < 4.78 is 15.8. The Labute approximate surface area is 182 Å². The number of benzene rings is 1. The smallest absolute Gasteiger partial charge is 0.339 e. The first kappa shape index (κ1) is 20.7. The van der Waals surface area contributed by atoms with Gasteiger partial charge in [-0.1, -0.05) is 5.16 Å². The zero-order valence-corrected chi connectivity index (χ0v) is 18.3. The predicted molar refractivity (Wildman–Crippen MR) is 117 cm³/mol. The van der Waals surface area contributed by atoms with Gasteiger partial charge in [0.15, 0.2) is 12.4 Å². The van der Waals surface area contributed by atoms with Crippen molar-refractivity contribution in [1.29, 1.82) is 0 Å². The molecule has 31 heavy (non-hydrogen) atoms. The van der Waals surface area contributed by atoms with Gasteiger partial charge < -0.3 is 14.0 Å². The van der Waals surface area contributed by atoms with Crippen LogP contribution in [0.4, 0.5) is 0 Å². The van der Waals surface area contributed by atoms with Gasteiger partial charge in [-0.05, 0) is 57.2 Å². The van der Waals surface area contributed by atoms with Gasteiger partial charge in [0.2, 0.25) is 0 Å². The number of hydrogen-bond donors (Lipinski definition) is 0. The Morgan fingerprint density at radius 1 is 1.10 bits per heavy atom. The molecule has 7 nitrogen and oxygen atoms in total. The molecule has 0 N–H and O–H groups in total. The highest BCUT2D eigenvalue weighted by molar-refractivity contribution is 7.12. The van der Waals surface area contributed by atoms with Crippen LogP contribution >= 0.6 is 11.3 Å². The summed E-state index contributed by atoms with van der Waals surface area (Å²) in [6, 6.07) is 10.3. The number of carbonyl (C=O) groups is 2. The lowest BCUT2D eigenvalue weighted by molar-refractivity contribution is 0.0476. The minimum Gasteiger partial charge on any atom is -0.497 e. The molecular weight excluding hydrogens is 416 g/mol. The Morgan fingerprint density at radius 3 is 2.48 bits per heavy atom. The fraction of sp³-hybridized carbons (Fsp3) is 0.217. The van der Waals surface area contributed by atoms with E-state index in [2.05, 4.69) is 10.1 Å². The molecule has 0 unspecified atom stereocenters. The summed E-state index contributed by atoms with van der Waals surface area (Å²) in [4.78, 5) is 32.1. The van der Waals surface area contributed by atoms with Crippen LogP contribution in [0.25, 0.3) is 22.4 Å². The number of methoxy groups -OCH3 is 1. The highest BCUT2D eigenvalue weighted by atomic mass is 32.1. The van der Waals surface area contributed by atoms with Gasteiger partial charge in [-0.25, -0.2) is 9.78 Å². The summed E-state index contributed by atoms with van der Waals surface area (Å²) in [7, 11) is 1.55. The van der Waals surface area contributed by atoms with Crippen molar-refractivity contribution in [3.8, 4) is 17.0 Å². The molecule has 4 aromatic rings. The molecule has 0 aliphatic carbocycles. The summed E-state index contributed by atoms with van der Waals surface area (Å²) in [6.45, 7) is 5.35. The van der Waals surface area contributed by atoms with Gasteiger partial charge in [0, 0.05) is 20.9 Å². The van der Waals surface area contributed by atoms with Crippen LogP contribution < -0.4 is 4.74 Å².